The van der Waals surface area contributed by atoms with E-state index in [9.17, 15) is 4.79 Å². The highest BCUT2D eigenvalue weighted by molar-refractivity contribution is 5.98. The van der Waals surface area contributed by atoms with Crippen molar-refractivity contribution in [3.05, 3.63) is 36.0 Å². The van der Waals surface area contributed by atoms with Crippen LogP contribution in [-0.4, -0.2) is 41.5 Å². The minimum atomic E-state index is 0.143. The normalized spacial score (nSPS) is 19.1. The number of nitrogens with one attached hydrogen (secondary N) is 2. The minimum Gasteiger partial charge on any atom is -0.361 e. The van der Waals surface area contributed by atoms with E-state index in [1.54, 1.807) is 0 Å². The zero-order valence-corrected chi connectivity index (χ0v) is 11.9. The third-order valence-corrected chi connectivity index (χ3v) is 4.11. The van der Waals surface area contributed by atoms with Crippen LogP contribution >= 0.6 is 0 Å². The molecule has 0 saturated carbocycles. The van der Waals surface area contributed by atoms with Crippen molar-refractivity contribution in [2.75, 3.05) is 19.6 Å². The Hall–Kier alpha value is -1.81. The van der Waals surface area contributed by atoms with Crippen molar-refractivity contribution in [3.8, 4) is 0 Å². The summed E-state index contributed by atoms with van der Waals surface area (Å²) in [5.74, 6) is 0.143. The Balaban J connectivity index is 1.84. The topological polar surface area (TPSA) is 48.1 Å². The van der Waals surface area contributed by atoms with Crippen LogP contribution in [0, 0.1) is 0 Å². The number of piperidine rings is 1. The Bertz CT molecular complexity index is 599. The third kappa shape index (κ3) is 2.43. The van der Waals surface area contributed by atoms with E-state index in [0.717, 1.165) is 48.9 Å². The van der Waals surface area contributed by atoms with Gasteiger partial charge >= 0.3 is 0 Å². The van der Waals surface area contributed by atoms with Gasteiger partial charge in [-0.15, -0.1) is 0 Å². The summed E-state index contributed by atoms with van der Waals surface area (Å²) in [5, 5.41) is 4.47. The van der Waals surface area contributed by atoms with E-state index in [1.807, 2.05) is 35.4 Å². The van der Waals surface area contributed by atoms with Gasteiger partial charge in [-0.05, 0) is 50.6 Å². The highest BCUT2D eigenvalue weighted by atomic mass is 16.2. The van der Waals surface area contributed by atoms with Gasteiger partial charge in [0, 0.05) is 41.8 Å². The number of fused-ring (bicyclic) bond motifs is 1. The Morgan fingerprint density at radius 3 is 3.05 bits per heavy atom. The van der Waals surface area contributed by atoms with Gasteiger partial charge in [0.2, 0.25) is 0 Å². The zero-order valence-electron chi connectivity index (χ0n) is 11.9. The van der Waals surface area contributed by atoms with Gasteiger partial charge < -0.3 is 15.2 Å². The molecule has 0 aliphatic carbocycles. The van der Waals surface area contributed by atoms with Crippen molar-refractivity contribution in [1.82, 2.24) is 15.2 Å². The molecular formula is C16H21N3O. The molecule has 20 heavy (non-hydrogen) atoms. The number of hydrogen-bond acceptors (Lipinski definition) is 2. The van der Waals surface area contributed by atoms with Crippen LogP contribution in [-0.2, 0) is 0 Å². The van der Waals surface area contributed by atoms with E-state index in [1.165, 1.54) is 0 Å². The summed E-state index contributed by atoms with van der Waals surface area (Å²) in [7, 11) is 0. The standard InChI is InChI=1S/C16H21N3O/c1-2-19(14-4-3-8-17-11-14)16(20)13-5-6-15-12(10-13)7-9-18-15/h5-7,9-10,14,17-18H,2-4,8,11H2,1H3. The third-order valence-electron chi connectivity index (χ3n) is 4.11. The number of nitrogens with zero attached hydrogens (tertiary/aromatic N) is 1. The van der Waals surface area contributed by atoms with Crippen molar-refractivity contribution < 1.29 is 4.79 Å². The molecule has 3 rings (SSSR count). The fraction of sp³-hybridized carbons (Fsp3) is 0.438. The Kier molecular flexibility index (Phi) is 3.74. The van der Waals surface area contributed by atoms with Gasteiger partial charge in [0.05, 0.1) is 0 Å². The van der Waals surface area contributed by atoms with Crippen molar-refractivity contribution in [2.45, 2.75) is 25.8 Å². The molecule has 1 aliphatic heterocycles. The predicted molar refractivity (Wildman–Crippen MR) is 80.9 cm³/mol. The smallest absolute Gasteiger partial charge is 0.254 e. The molecule has 2 aromatic rings. The van der Waals surface area contributed by atoms with Gasteiger partial charge in [-0.1, -0.05) is 0 Å². The fourth-order valence-electron chi connectivity index (χ4n) is 3.02. The molecule has 1 aliphatic rings. The van der Waals surface area contributed by atoms with Gasteiger partial charge in [0.15, 0.2) is 0 Å². The number of hydrogen-bond donors (Lipinski definition) is 2. The molecule has 1 fully saturated rings. The number of rotatable bonds is 3. The van der Waals surface area contributed by atoms with Gasteiger partial charge in [-0.2, -0.15) is 0 Å². The molecule has 2 N–H and O–H groups in total. The van der Waals surface area contributed by atoms with Gasteiger partial charge in [-0.25, -0.2) is 0 Å². The lowest BCUT2D eigenvalue weighted by atomic mass is 10.0. The number of carbonyl (C=O) groups excluding carboxylic acids is 1. The minimum absolute atomic E-state index is 0.143. The molecule has 0 radical (unpaired) electrons. The molecule has 4 nitrogen and oxygen atoms in total. The molecule has 0 bridgehead atoms. The first-order valence-electron chi connectivity index (χ1n) is 7.38. The lowest BCUT2D eigenvalue weighted by Crippen LogP contribution is -2.48. The molecule has 0 spiro atoms. The molecule has 1 saturated heterocycles. The number of aromatic amines is 1. The molecule has 4 heteroatoms. The number of benzene rings is 1. The highest BCUT2D eigenvalue weighted by Gasteiger charge is 2.24. The van der Waals surface area contributed by atoms with E-state index in [0.29, 0.717) is 6.04 Å². The van der Waals surface area contributed by atoms with Crippen LogP contribution in [0.3, 0.4) is 0 Å². The molecule has 106 valence electrons. The van der Waals surface area contributed by atoms with E-state index in [2.05, 4.69) is 17.2 Å². The van der Waals surface area contributed by atoms with Gasteiger partial charge in [0.25, 0.3) is 5.91 Å². The summed E-state index contributed by atoms with van der Waals surface area (Å²) in [4.78, 5) is 17.9. The van der Waals surface area contributed by atoms with E-state index >= 15 is 0 Å². The van der Waals surface area contributed by atoms with Crippen molar-refractivity contribution in [3.63, 3.8) is 0 Å². The van der Waals surface area contributed by atoms with Crippen LogP contribution in [0.4, 0.5) is 0 Å². The van der Waals surface area contributed by atoms with Crippen LogP contribution in [0.15, 0.2) is 30.5 Å². The molecule has 1 amide bonds. The van der Waals surface area contributed by atoms with Crippen molar-refractivity contribution in [1.29, 1.82) is 0 Å². The number of amides is 1. The predicted octanol–water partition coefficient (Wildman–Crippen LogP) is 2.38. The monoisotopic (exact) mass is 271 g/mol. The van der Waals surface area contributed by atoms with Crippen LogP contribution < -0.4 is 5.32 Å². The summed E-state index contributed by atoms with van der Waals surface area (Å²) in [6, 6.07) is 8.20. The molecule has 2 heterocycles. The number of aromatic nitrogens is 1. The van der Waals surface area contributed by atoms with E-state index in [4.69, 9.17) is 0 Å². The lowest BCUT2D eigenvalue weighted by molar-refractivity contribution is 0.0662. The maximum atomic E-state index is 12.7. The summed E-state index contributed by atoms with van der Waals surface area (Å²) in [5.41, 5.74) is 1.86. The number of likely N-dealkylation sites (N-methyl/N-ethyl adjacent to an activating group) is 1. The van der Waals surface area contributed by atoms with E-state index < -0.39 is 0 Å². The Morgan fingerprint density at radius 2 is 2.30 bits per heavy atom. The van der Waals surface area contributed by atoms with Crippen LogP contribution in [0.5, 0.6) is 0 Å². The molecule has 1 unspecified atom stereocenters. The maximum Gasteiger partial charge on any atom is 0.254 e. The summed E-state index contributed by atoms with van der Waals surface area (Å²) in [6.45, 7) is 4.79. The summed E-state index contributed by atoms with van der Waals surface area (Å²) in [6.07, 6.45) is 4.14. The second-order valence-corrected chi connectivity index (χ2v) is 5.37. The Morgan fingerprint density at radius 1 is 1.40 bits per heavy atom. The molecule has 1 aromatic heterocycles. The molecular weight excluding hydrogens is 250 g/mol. The summed E-state index contributed by atoms with van der Waals surface area (Å²) < 4.78 is 0. The van der Waals surface area contributed by atoms with Crippen LogP contribution in [0.2, 0.25) is 0 Å². The number of carbonyl (C=O) groups is 1. The molecule has 1 atom stereocenters. The lowest BCUT2D eigenvalue weighted by Gasteiger charge is -2.34. The Labute approximate surface area is 119 Å². The highest BCUT2D eigenvalue weighted by Crippen LogP contribution is 2.18. The van der Waals surface area contributed by atoms with Gasteiger partial charge in [0.1, 0.15) is 0 Å². The fourth-order valence-corrected chi connectivity index (χ4v) is 3.02. The largest absolute Gasteiger partial charge is 0.361 e. The second kappa shape index (κ2) is 5.67. The average Bonchev–Trinajstić information content (AvgIpc) is 2.96. The maximum absolute atomic E-state index is 12.7. The number of H-pyrrole nitrogens is 1. The van der Waals surface area contributed by atoms with E-state index in [-0.39, 0.29) is 5.91 Å². The second-order valence-electron chi connectivity index (χ2n) is 5.37. The first kappa shape index (κ1) is 13.2. The van der Waals surface area contributed by atoms with Crippen LogP contribution in [0.1, 0.15) is 30.1 Å². The molecule has 1 aromatic carbocycles. The SMILES string of the molecule is CCN(C(=O)c1ccc2[nH]ccc2c1)C1CCCNC1. The van der Waals surface area contributed by atoms with Crippen LogP contribution in [0.25, 0.3) is 10.9 Å². The first-order valence-corrected chi connectivity index (χ1v) is 7.38. The first-order chi connectivity index (χ1) is 9.79. The quantitative estimate of drug-likeness (QED) is 0.900. The van der Waals surface area contributed by atoms with Crippen molar-refractivity contribution >= 4 is 16.8 Å². The zero-order chi connectivity index (χ0) is 13.9. The van der Waals surface area contributed by atoms with Gasteiger partial charge in [-0.3, -0.25) is 4.79 Å². The summed E-state index contributed by atoms with van der Waals surface area (Å²) >= 11 is 0. The van der Waals surface area contributed by atoms with Crippen molar-refractivity contribution in [2.24, 2.45) is 0 Å². The average molecular weight is 271 g/mol.